The first-order chi connectivity index (χ1) is 8.61. The summed E-state index contributed by atoms with van der Waals surface area (Å²) in [6.45, 7) is 0. The van der Waals surface area contributed by atoms with Gasteiger partial charge in [0.25, 0.3) is 0 Å². The largest absolute Gasteiger partial charge is 1.00 e. The predicted molar refractivity (Wildman–Crippen MR) is 87.1 cm³/mol. The Labute approximate surface area is 157 Å². The average Bonchev–Trinajstić information content (AvgIpc) is 2.41. The zero-order chi connectivity index (χ0) is 13.4. The van der Waals surface area contributed by atoms with Crippen LogP contribution in [0.2, 0.25) is 0 Å². The molecule has 2 rings (SSSR count). The van der Waals surface area contributed by atoms with Gasteiger partial charge >= 0.3 is 134 Å². The summed E-state index contributed by atoms with van der Waals surface area (Å²) in [6.07, 6.45) is 0. The molecule has 0 radical (unpaired) electrons. The third kappa shape index (κ3) is 10.0. The van der Waals surface area contributed by atoms with Gasteiger partial charge in [0, 0.05) is 0 Å². The summed E-state index contributed by atoms with van der Waals surface area (Å²) >= 11 is -2.93. The number of hydrogen-bond acceptors (Lipinski definition) is 0. The van der Waals surface area contributed by atoms with Crippen molar-refractivity contribution in [3.8, 4) is 0 Å². The quantitative estimate of drug-likeness (QED) is 0.389. The van der Waals surface area contributed by atoms with Gasteiger partial charge in [0.05, 0.1) is 0 Å². The van der Waals surface area contributed by atoms with Crippen LogP contribution in [0.5, 0.6) is 0 Å². The molecule has 0 unspecified atom stereocenters. The fourth-order valence-corrected chi connectivity index (χ4v) is 4.71. The molecule has 0 heterocycles. The Morgan fingerprint density at radius 2 is 0.750 bits per heavy atom. The molecule has 0 aliphatic heterocycles. The maximum atomic E-state index is 5.69. The predicted octanol–water partition coefficient (Wildman–Crippen LogP) is -2.27. The summed E-state index contributed by atoms with van der Waals surface area (Å²) in [5.41, 5.74) is 0. The molecule has 20 heavy (non-hydrogen) atoms. The van der Waals surface area contributed by atoms with Crippen molar-refractivity contribution in [3.05, 3.63) is 60.7 Å². The van der Waals surface area contributed by atoms with E-state index in [-0.39, 0.29) is 24.8 Å². The molecule has 0 aliphatic rings. The van der Waals surface area contributed by atoms with E-state index in [1.807, 2.05) is 60.7 Å². The second-order valence-corrected chi connectivity index (χ2v) is 14.9. The van der Waals surface area contributed by atoms with Gasteiger partial charge in [-0.25, -0.2) is 0 Å². The zero-order valence-electron chi connectivity index (χ0n) is 9.86. The van der Waals surface area contributed by atoms with Gasteiger partial charge in [0.15, 0.2) is 0 Å². The van der Waals surface area contributed by atoms with E-state index in [9.17, 15) is 0 Å². The van der Waals surface area contributed by atoms with Crippen molar-refractivity contribution >= 4 is 73.5 Å². The van der Waals surface area contributed by atoms with E-state index in [0.717, 1.165) is 8.92 Å². The minimum Gasteiger partial charge on any atom is -1.00 e. The second kappa shape index (κ2) is 13.9. The summed E-state index contributed by atoms with van der Waals surface area (Å²) in [5.74, 6) is 0. The standard InChI is InChI=1S/2C6H5Cl2Se.2ClH/c2*7-9(8)6-4-2-1-3-5-6;;/h2*1-5H;2*1H/q2*+1;;/p-2. The van der Waals surface area contributed by atoms with Gasteiger partial charge in [0.1, 0.15) is 0 Å². The Morgan fingerprint density at radius 3 is 0.900 bits per heavy atom. The van der Waals surface area contributed by atoms with Crippen molar-refractivity contribution in [3.63, 3.8) is 0 Å². The average molecular weight is 525 g/mol. The normalized spacial score (nSPS) is 9.10. The van der Waals surface area contributed by atoms with Gasteiger partial charge in [-0.2, -0.15) is 0 Å². The van der Waals surface area contributed by atoms with Crippen LogP contribution in [0, 0.1) is 0 Å². The van der Waals surface area contributed by atoms with E-state index in [0.29, 0.717) is 0 Å². The Morgan fingerprint density at radius 1 is 0.500 bits per heavy atom. The van der Waals surface area contributed by atoms with Gasteiger partial charge in [0.2, 0.25) is 0 Å². The molecule has 0 N–H and O–H groups in total. The molecule has 8 heteroatoms. The van der Waals surface area contributed by atoms with E-state index >= 15 is 0 Å². The van der Waals surface area contributed by atoms with Gasteiger partial charge < -0.3 is 24.8 Å². The summed E-state index contributed by atoms with van der Waals surface area (Å²) in [4.78, 5) is 0. The van der Waals surface area contributed by atoms with Crippen molar-refractivity contribution in [1.29, 1.82) is 0 Å². The first-order valence-electron chi connectivity index (χ1n) is 4.85. The monoisotopic (exact) mass is 524 g/mol. The number of benzene rings is 2. The van der Waals surface area contributed by atoms with Crippen LogP contribution in [0.3, 0.4) is 0 Å². The van der Waals surface area contributed by atoms with Crippen molar-refractivity contribution in [1.82, 2.24) is 0 Å². The molecule has 0 bridgehead atoms. The number of halogens is 6. The minimum atomic E-state index is -1.47. The molecule has 0 saturated carbocycles. The SMILES string of the molecule is Cl[Se+](Cl)c1ccccc1.Cl[Se+](Cl)c1ccccc1.[Cl-].[Cl-]. The number of hydrogen-bond donors (Lipinski definition) is 0. The first-order valence-corrected chi connectivity index (χ1v) is 15.6. The zero-order valence-corrected chi connectivity index (χ0v) is 17.8. The molecular formula is C12H10Cl6Se2. The van der Waals surface area contributed by atoms with Gasteiger partial charge in [-0.15, -0.1) is 0 Å². The van der Waals surface area contributed by atoms with Crippen molar-refractivity contribution < 1.29 is 24.8 Å². The maximum absolute atomic E-state index is 5.69. The number of rotatable bonds is 2. The van der Waals surface area contributed by atoms with Crippen molar-refractivity contribution in [2.45, 2.75) is 0 Å². The molecular weight excluding hydrogens is 515 g/mol. The third-order valence-corrected chi connectivity index (χ3v) is 8.18. The van der Waals surface area contributed by atoms with E-state index in [1.165, 1.54) is 0 Å². The Balaban J connectivity index is 0. The molecule has 0 aliphatic carbocycles. The molecule has 0 nitrogen and oxygen atoms in total. The van der Waals surface area contributed by atoms with E-state index < -0.39 is 24.2 Å². The molecule has 0 saturated heterocycles. The van der Waals surface area contributed by atoms with Crippen molar-refractivity contribution in [2.75, 3.05) is 0 Å². The van der Waals surface area contributed by atoms with Crippen LogP contribution in [0.1, 0.15) is 0 Å². The Kier molecular flexibility index (Phi) is 16.3. The van der Waals surface area contributed by atoms with Crippen LogP contribution >= 0.6 is 40.4 Å². The van der Waals surface area contributed by atoms with Crippen LogP contribution in [-0.2, 0) is 0 Å². The van der Waals surface area contributed by atoms with E-state index in [1.54, 1.807) is 0 Å². The van der Waals surface area contributed by atoms with Crippen LogP contribution in [0.25, 0.3) is 0 Å². The van der Waals surface area contributed by atoms with Crippen LogP contribution < -0.4 is 33.7 Å². The van der Waals surface area contributed by atoms with E-state index in [4.69, 9.17) is 40.4 Å². The van der Waals surface area contributed by atoms with Crippen molar-refractivity contribution in [2.24, 2.45) is 0 Å². The fourth-order valence-electron chi connectivity index (χ4n) is 1.05. The summed E-state index contributed by atoms with van der Waals surface area (Å²) in [6, 6.07) is 19.5. The summed E-state index contributed by atoms with van der Waals surface area (Å²) < 4.78 is 2.14. The smallest absolute Gasteiger partial charge is 1.00 e. The Hall–Kier alpha value is 1.22. The molecule has 0 fully saturated rings. The van der Waals surface area contributed by atoms with E-state index in [2.05, 4.69) is 0 Å². The van der Waals surface area contributed by atoms with Crippen LogP contribution in [0.15, 0.2) is 60.7 Å². The maximum Gasteiger partial charge on any atom is -1.00 e. The minimum absolute atomic E-state index is 0. The van der Waals surface area contributed by atoms with Gasteiger partial charge in [-0.3, -0.25) is 0 Å². The first kappa shape index (κ1) is 23.5. The Bertz CT molecular complexity index is 395. The molecule has 0 atom stereocenters. The third-order valence-electron chi connectivity index (χ3n) is 1.84. The molecule has 2 aromatic carbocycles. The summed E-state index contributed by atoms with van der Waals surface area (Å²) in [5, 5.41) is 0. The topological polar surface area (TPSA) is 0 Å². The second-order valence-electron chi connectivity index (χ2n) is 3.05. The molecule has 0 aromatic heterocycles. The summed E-state index contributed by atoms with van der Waals surface area (Å²) in [7, 11) is 22.8. The molecule has 0 spiro atoms. The fraction of sp³-hybridized carbons (Fsp3) is 0. The van der Waals surface area contributed by atoms with Gasteiger partial charge in [-0.1, -0.05) is 0 Å². The van der Waals surface area contributed by atoms with Crippen LogP contribution in [0.4, 0.5) is 0 Å². The van der Waals surface area contributed by atoms with Gasteiger partial charge in [-0.05, 0) is 0 Å². The van der Waals surface area contributed by atoms with Crippen LogP contribution in [-0.4, -0.2) is 24.2 Å². The molecule has 112 valence electrons. The molecule has 0 amide bonds. The molecule has 2 aromatic rings.